The summed E-state index contributed by atoms with van der Waals surface area (Å²) in [5.74, 6) is -0.663. The summed E-state index contributed by atoms with van der Waals surface area (Å²) >= 11 is 0. The van der Waals surface area contributed by atoms with Crippen LogP contribution in [-0.4, -0.2) is 12.6 Å². The maximum atomic E-state index is 12.6. The molecule has 0 N–H and O–H groups in total. The van der Waals surface area contributed by atoms with Crippen molar-refractivity contribution in [2.24, 2.45) is 0 Å². The minimum atomic E-state index is -4.43. The fraction of sp³-hybridized carbons (Fsp3) is 0.250. The summed E-state index contributed by atoms with van der Waals surface area (Å²) in [6.07, 6.45) is -2.36. The van der Waals surface area contributed by atoms with Crippen LogP contribution in [0.15, 0.2) is 30.3 Å². The van der Waals surface area contributed by atoms with Gasteiger partial charge in [-0.1, -0.05) is 18.2 Å². The van der Waals surface area contributed by atoms with Crippen LogP contribution in [0.5, 0.6) is 0 Å². The number of rotatable bonds is 3. The van der Waals surface area contributed by atoms with Crippen LogP contribution >= 0.6 is 0 Å². The molecule has 0 bridgehead atoms. The summed E-state index contributed by atoms with van der Waals surface area (Å²) in [5.41, 5.74) is -0.839. The first-order chi connectivity index (χ1) is 7.95. The molecule has 1 aromatic carbocycles. The number of ether oxygens (including phenoxy) is 1. The predicted octanol–water partition coefficient (Wildman–Crippen LogP) is 3.28. The van der Waals surface area contributed by atoms with E-state index in [2.05, 4.69) is 4.74 Å². The van der Waals surface area contributed by atoms with Gasteiger partial charge in [-0.2, -0.15) is 13.2 Å². The van der Waals surface area contributed by atoms with E-state index in [9.17, 15) is 18.0 Å². The molecule has 0 atom stereocenters. The molecule has 0 saturated heterocycles. The summed E-state index contributed by atoms with van der Waals surface area (Å²) in [7, 11) is 0. The van der Waals surface area contributed by atoms with E-state index < -0.39 is 17.7 Å². The van der Waals surface area contributed by atoms with Crippen molar-refractivity contribution in [2.75, 3.05) is 6.61 Å². The fourth-order valence-electron chi connectivity index (χ4n) is 1.25. The summed E-state index contributed by atoms with van der Waals surface area (Å²) in [5, 5.41) is 0. The van der Waals surface area contributed by atoms with Crippen molar-refractivity contribution in [3.05, 3.63) is 41.5 Å². The van der Waals surface area contributed by atoms with Gasteiger partial charge in [0.05, 0.1) is 12.2 Å². The van der Waals surface area contributed by atoms with Gasteiger partial charge in [0.1, 0.15) is 0 Å². The van der Waals surface area contributed by atoms with Gasteiger partial charge in [-0.25, -0.2) is 4.79 Å². The Morgan fingerprint density at radius 2 is 2.00 bits per heavy atom. The van der Waals surface area contributed by atoms with Crippen LogP contribution in [0.3, 0.4) is 0 Å². The highest BCUT2D eigenvalue weighted by Gasteiger charge is 2.32. The van der Waals surface area contributed by atoms with Crippen LogP contribution in [0.4, 0.5) is 13.2 Å². The second kappa shape index (κ2) is 5.52. The minimum Gasteiger partial charge on any atom is -0.463 e. The fourth-order valence-corrected chi connectivity index (χ4v) is 1.25. The maximum Gasteiger partial charge on any atom is 0.416 e. The predicted molar refractivity (Wildman–Crippen MR) is 57.1 cm³/mol. The highest BCUT2D eigenvalue weighted by atomic mass is 19.4. The van der Waals surface area contributed by atoms with Gasteiger partial charge in [0.15, 0.2) is 0 Å². The molecule has 0 fully saturated rings. The topological polar surface area (TPSA) is 26.3 Å². The molecule has 0 aliphatic heterocycles. The normalized spacial score (nSPS) is 11.8. The van der Waals surface area contributed by atoms with E-state index in [-0.39, 0.29) is 12.2 Å². The highest BCUT2D eigenvalue weighted by molar-refractivity contribution is 5.87. The van der Waals surface area contributed by atoms with E-state index in [1.54, 1.807) is 6.92 Å². The Bertz CT molecular complexity index is 422. The molecule has 0 aliphatic carbocycles. The molecular weight excluding hydrogens is 233 g/mol. The average Bonchev–Trinajstić information content (AvgIpc) is 2.26. The second-order valence-electron chi connectivity index (χ2n) is 3.17. The Morgan fingerprint density at radius 1 is 1.35 bits per heavy atom. The van der Waals surface area contributed by atoms with Crippen LogP contribution in [0.25, 0.3) is 6.08 Å². The zero-order valence-electron chi connectivity index (χ0n) is 9.12. The summed E-state index contributed by atoms with van der Waals surface area (Å²) < 4.78 is 42.3. The molecule has 0 saturated carbocycles. The smallest absolute Gasteiger partial charge is 0.416 e. The Balaban J connectivity index is 2.95. The Morgan fingerprint density at radius 3 is 2.59 bits per heavy atom. The van der Waals surface area contributed by atoms with Crippen LogP contribution in [-0.2, 0) is 15.7 Å². The quantitative estimate of drug-likeness (QED) is 0.602. The third kappa shape index (κ3) is 3.94. The SMILES string of the molecule is CCOC(=O)C=Cc1ccccc1C(F)(F)F. The summed E-state index contributed by atoms with van der Waals surface area (Å²) in [4.78, 5) is 11.0. The van der Waals surface area contributed by atoms with Crippen molar-refractivity contribution >= 4 is 12.0 Å². The molecule has 0 aromatic heterocycles. The Kier molecular flexibility index (Phi) is 4.31. The number of esters is 1. The lowest BCUT2D eigenvalue weighted by Gasteiger charge is -2.09. The monoisotopic (exact) mass is 244 g/mol. The van der Waals surface area contributed by atoms with E-state index >= 15 is 0 Å². The molecule has 5 heteroatoms. The molecule has 2 nitrogen and oxygen atoms in total. The average molecular weight is 244 g/mol. The van der Waals surface area contributed by atoms with Gasteiger partial charge in [-0.15, -0.1) is 0 Å². The highest BCUT2D eigenvalue weighted by Crippen LogP contribution is 2.32. The van der Waals surface area contributed by atoms with Gasteiger partial charge in [-0.3, -0.25) is 0 Å². The number of benzene rings is 1. The molecule has 0 aliphatic rings. The third-order valence-corrected chi connectivity index (χ3v) is 1.95. The van der Waals surface area contributed by atoms with Crippen molar-refractivity contribution < 1.29 is 22.7 Å². The molecule has 92 valence electrons. The summed E-state index contributed by atoms with van der Waals surface area (Å²) in [6.45, 7) is 1.81. The van der Waals surface area contributed by atoms with Gasteiger partial charge in [-0.05, 0) is 24.6 Å². The first-order valence-corrected chi connectivity index (χ1v) is 4.96. The van der Waals surface area contributed by atoms with Crippen molar-refractivity contribution in [1.29, 1.82) is 0 Å². The largest absolute Gasteiger partial charge is 0.463 e. The number of carbonyl (C=O) groups excluding carboxylic acids is 1. The van der Waals surface area contributed by atoms with Gasteiger partial charge in [0, 0.05) is 6.08 Å². The number of carbonyl (C=O) groups is 1. The molecule has 0 unspecified atom stereocenters. The molecule has 0 spiro atoms. The lowest BCUT2D eigenvalue weighted by atomic mass is 10.1. The van der Waals surface area contributed by atoms with Crippen LogP contribution in [0, 0.1) is 0 Å². The zero-order chi connectivity index (χ0) is 12.9. The second-order valence-corrected chi connectivity index (χ2v) is 3.17. The minimum absolute atomic E-state index is 0.0620. The van der Waals surface area contributed by atoms with E-state index in [0.717, 1.165) is 18.2 Å². The van der Waals surface area contributed by atoms with Gasteiger partial charge >= 0.3 is 12.1 Å². The lowest BCUT2D eigenvalue weighted by molar-refractivity contribution is -0.138. The number of alkyl halides is 3. The zero-order valence-corrected chi connectivity index (χ0v) is 9.12. The van der Waals surface area contributed by atoms with Crippen molar-refractivity contribution in [3.63, 3.8) is 0 Å². The van der Waals surface area contributed by atoms with Crippen molar-refractivity contribution in [1.82, 2.24) is 0 Å². The van der Waals surface area contributed by atoms with Crippen LogP contribution in [0.1, 0.15) is 18.1 Å². The van der Waals surface area contributed by atoms with Crippen molar-refractivity contribution in [3.8, 4) is 0 Å². The van der Waals surface area contributed by atoms with Gasteiger partial charge in [0.25, 0.3) is 0 Å². The van der Waals surface area contributed by atoms with Gasteiger partial charge in [0.2, 0.25) is 0 Å². The molecule has 1 rings (SSSR count). The van der Waals surface area contributed by atoms with E-state index in [1.165, 1.54) is 18.2 Å². The number of halogens is 3. The number of hydrogen-bond acceptors (Lipinski definition) is 2. The van der Waals surface area contributed by atoms with Crippen LogP contribution < -0.4 is 0 Å². The van der Waals surface area contributed by atoms with E-state index in [0.29, 0.717) is 0 Å². The molecule has 0 amide bonds. The first-order valence-electron chi connectivity index (χ1n) is 4.96. The Hall–Kier alpha value is -1.78. The van der Waals surface area contributed by atoms with Crippen molar-refractivity contribution in [2.45, 2.75) is 13.1 Å². The standard InChI is InChI=1S/C12H11F3O2/c1-2-17-11(16)8-7-9-5-3-4-6-10(9)12(13,14)15/h3-8H,2H2,1H3. The number of hydrogen-bond donors (Lipinski definition) is 0. The third-order valence-electron chi connectivity index (χ3n) is 1.95. The Labute approximate surface area is 96.7 Å². The molecule has 0 heterocycles. The van der Waals surface area contributed by atoms with E-state index in [1.807, 2.05) is 0 Å². The summed E-state index contributed by atoms with van der Waals surface area (Å²) in [6, 6.07) is 5.02. The van der Waals surface area contributed by atoms with E-state index in [4.69, 9.17) is 0 Å². The lowest BCUT2D eigenvalue weighted by Crippen LogP contribution is -2.07. The van der Waals surface area contributed by atoms with Crippen LogP contribution in [0.2, 0.25) is 0 Å². The molecule has 0 radical (unpaired) electrons. The molecule has 1 aromatic rings. The first kappa shape index (κ1) is 13.3. The molecular formula is C12H11F3O2. The van der Waals surface area contributed by atoms with Gasteiger partial charge < -0.3 is 4.74 Å². The maximum absolute atomic E-state index is 12.6. The molecule has 17 heavy (non-hydrogen) atoms.